The lowest BCUT2D eigenvalue weighted by Gasteiger charge is -2.32. The molecule has 2 fully saturated rings. The molecule has 8 nitrogen and oxygen atoms in total. The summed E-state index contributed by atoms with van der Waals surface area (Å²) in [7, 11) is 1.62. The first-order chi connectivity index (χ1) is 13.5. The van der Waals surface area contributed by atoms with Crippen molar-refractivity contribution in [2.75, 3.05) is 26.8 Å². The fraction of sp³-hybridized carbons (Fsp3) is 0.684. The summed E-state index contributed by atoms with van der Waals surface area (Å²) >= 11 is 1.46. The van der Waals surface area contributed by atoms with Crippen molar-refractivity contribution in [1.82, 2.24) is 24.2 Å². The van der Waals surface area contributed by atoms with Gasteiger partial charge >= 0.3 is 5.69 Å². The minimum Gasteiger partial charge on any atom is -0.383 e. The number of thiazole rings is 1. The lowest BCUT2D eigenvalue weighted by atomic mass is 9.97. The number of methoxy groups -OCH3 is 1. The molecule has 1 aliphatic carbocycles. The highest BCUT2D eigenvalue weighted by Gasteiger charge is 2.35. The van der Waals surface area contributed by atoms with Crippen LogP contribution in [0.4, 0.5) is 0 Å². The van der Waals surface area contributed by atoms with E-state index in [1.165, 1.54) is 16.0 Å². The first-order valence-corrected chi connectivity index (χ1v) is 10.7. The van der Waals surface area contributed by atoms with E-state index in [-0.39, 0.29) is 23.6 Å². The van der Waals surface area contributed by atoms with Gasteiger partial charge in [-0.15, -0.1) is 11.3 Å². The molecule has 0 aromatic carbocycles. The summed E-state index contributed by atoms with van der Waals surface area (Å²) in [4.78, 5) is 32.9. The number of piperidine rings is 1. The van der Waals surface area contributed by atoms with E-state index >= 15 is 0 Å². The van der Waals surface area contributed by atoms with Crippen LogP contribution in [0.2, 0.25) is 0 Å². The second-order valence-corrected chi connectivity index (χ2v) is 8.90. The molecule has 2 aliphatic rings. The highest BCUT2D eigenvalue weighted by atomic mass is 32.1. The van der Waals surface area contributed by atoms with Gasteiger partial charge in [-0.2, -0.15) is 5.10 Å². The molecule has 1 saturated heterocycles. The van der Waals surface area contributed by atoms with Crippen LogP contribution in [0.1, 0.15) is 63.8 Å². The zero-order valence-corrected chi connectivity index (χ0v) is 17.5. The summed E-state index contributed by atoms with van der Waals surface area (Å²) in [5.74, 6) is 0.967. The molecular weight excluding hydrogens is 378 g/mol. The summed E-state index contributed by atoms with van der Waals surface area (Å²) in [5.41, 5.74) is 0.750. The average Bonchev–Trinajstić information content (AvgIpc) is 3.39. The second-order valence-electron chi connectivity index (χ2n) is 7.70. The van der Waals surface area contributed by atoms with Crippen LogP contribution in [0.3, 0.4) is 0 Å². The minimum atomic E-state index is -0.0491. The first-order valence-electron chi connectivity index (χ1n) is 9.91. The van der Waals surface area contributed by atoms with Crippen molar-refractivity contribution in [3.05, 3.63) is 31.9 Å². The van der Waals surface area contributed by atoms with E-state index in [0.717, 1.165) is 53.6 Å². The Kier molecular flexibility index (Phi) is 5.37. The Hall–Kier alpha value is -2.00. The number of amides is 1. The van der Waals surface area contributed by atoms with Gasteiger partial charge in [0.2, 0.25) is 0 Å². The SMILES string of the molecule is COCCn1nc(C2CCCN(C(=O)c3sc(C)nc3C)C2)n(C2CC2)c1=O. The summed E-state index contributed by atoms with van der Waals surface area (Å²) in [6.07, 6.45) is 3.91. The fourth-order valence-corrected chi connectivity index (χ4v) is 4.85. The summed E-state index contributed by atoms with van der Waals surface area (Å²) in [5, 5.41) is 5.57. The average molecular weight is 406 g/mol. The number of hydrogen-bond acceptors (Lipinski definition) is 6. The molecule has 4 rings (SSSR count). The van der Waals surface area contributed by atoms with Gasteiger partial charge in [-0.3, -0.25) is 9.36 Å². The van der Waals surface area contributed by atoms with Crippen LogP contribution in [0, 0.1) is 13.8 Å². The minimum absolute atomic E-state index is 0.0481. The molecule has 0 bridgehead atoms. The zero-order chi connectivity index (χ0) is 19.8. The Morgan fingerprint density at radius 2 is 2.07 bits per heavy atom. The molecule has 1 unspecified atom stereocenters. The Labute approximate surface area is 168 Å². The Morgan fingerprint density at radius 3 is 2.71 bits per heavy atom. The number of aromatic nitrogens is 4. The van der Waals surface area contributed by atoms with Gasteiger partial charge in [-0.25, -0.2) is 14.5 Å². The van der Waals surface area contributed by atoms with E-state index < -0.39 is 0 Å². The number of nitrogens with zero attached hydrogens (tertiary/aromatic N) is 5. The van der Waals surface area contributed by atoms with Gasteiger partial charge in [0, 0.05) is 32.2 Å². The van der Waals surface area contributed by atoms with Crippen molar-refractivity contribution in [1.29, 1.82) is 0 Å². The molecule has 152 valence electrons. The molecule has 2 aromatic rings. The number of ether oxygens (including phenoxy) is 1. The number of carbonyl (C=O) groups excluding carboxylic acids is 1. The summed E-state index contributed by atoms with van der Waals surface area (Å²) in [6.45, 7) is 6.07. The third kappa shape index (κ3) is 3.65. The van der Waals surface area contributed by atoms with E-state index in [2.05, 4.69) is 10.1 Å². The Morgan fingerprint density at radius 1 is 1.29 bits per heavy atom. The van der Waals surface area contributed by atoms with Crippen molar-refractivity contribution >= 4 is 17.2 Å². The van der Waals surface area contributed by atoms with E-state index in [0.29, 0.717) is 19.7 Å². The molecule has 0 spiro atoms. The third-order valence-corrected chi connectivity index (χ3v) is 6.55. The van der Waals surface area contributed by atoms with Gasteiger partial charge in [0.15, 0.2) is 0 Å². The van der Waals surface area contributed by atoms with Crippen molar-refractivity contribution in [3.8, 4) is 0 Å². The molecular formula is C19H27N5O3S. The smallest absolute Gasteiger partial charge is 0.346 e. The monoisotopic (exact) mass is 405 g/mol. The maximum atomic E-state index is 13.0. The maximum Gasteiger partial charge on any atom is 0.346 e. The predicted octanol–water partition coefficient (Wildman–Crippen LogP) is 2.12. The van der Waals surface area contributed by atoms with Gasteiger partial charge in [-0.05, 0) is 39.5 Å². The quantitative estimate of drug-likeness (QED) is 0.735. The fourth-order valence-electron chi connectivity index (χ4n) is 3.96. The van der Waals surface area contributed by atoms with Crippen LogP contribution < -0.4 is 5.69 Å². The van der Waals surface area contributed by atoms with Crippen LogP contribution >= 0.6 is 11.3 Å². The van der Waals surface area contributed by atoms with E-state index in [9.17, 15) is 9.59 Å². The van der Waals surface area contributed by atoms with Gasteiger partial charge in [-0.1, -0.05) is 0 Å². The summed E-state index contributed by atoms with van der Waals surface area (Å²) < 4.78 is 8.51. The number of likely N-dealkylation sites (tertiary alicyclic amines) is 1. The number of aryl methyl sites for hydroxylation is 2. The largest absolute Gasteiger partial charge is 0.383 e. The maximum absolute atomic E-state index is 13.0. The van der Waals surface area contributed by atoms with Crippen molar-refractivity contribution < 1.29 is 9.53 Å². The van der Waals surface area contributed by atoms with E-state index in [1.54, 1.807) is 7.11 Å². The van der Waals surface area contributed by atoms with Gasteiger partial charge in [0.25, 0.3) is 5.91 Å². The van der Waals surface area contributed by atoms with Crippen LogP contribution in [-0.4, -0.2) is 56.9 Å². The number of hydrogen-bond donors (Lipinski definition) is 0. The molecule has 28 heavy (non-hydrogen) atoms. The van der Waals surface area contributed by atoms with Gasteiger partial charge in [0.05, 0.1) is 23.9 Å². The topological polar surface area (TPSA) is 82.2 Å². The molecule has 1 atom stereocenters. The zero-order valence-electron chi connectivity index (χ0n) is 16.7. The highest BCUT2D eigenvalue weighted by molar-refractivity contribution is 7.13. The highest BCUT2D eigenvalue weighted by Crippen LogP contribution is 2.37. The lowest BCUT2D eigenvalue weighted by molar-refractivity contribution is 0.0707. The van der Waals surface area contributed by atoms with Crippen molar-refractivity contribution in [3.63, 3.8) is 0 Å². The molecule has 0 N–H and O–H groups in total. The Bertz CT molecular complexity index is 927. The molecule has 1 saturated carbocycles. The molecule has 3 heterocycles. The first kappa shape index (κ1) is 19.3. The standard InChI is InChI=1S/C19H27N5O3S/c1-12-16(28-13(2)20-12)18(25)22-8-4-5-14(11-22)17-21-23(9-10-27-3)19(26)24(17)15-6-7-15/h14-15H,4-11H2,1-3H3. The molecule has 1 aliphatic heterocycles. The number of rotatable bonds is 6. The lowest BCUT2D eigenvalue weighted by Crippen LogP contribution is -2.40. The van der Waals surface area contributed by atoms with Gasteiger partial charge < -0.3 is 9.64 Å². The number of carbonyl (C=O) groups is 1. The van der Waals surface area contributed by atoms with Crippen molar-refractivity contribution in [2.24, 2.45) is 0 Å². The molecule has 9 heteroatoms. The Balaban J connectivity index is 1.58. The third-order valence-electron chi connectivity index (χ3n) is 5.49. The predicted molar refractivity (Wildman–Crippen MR) is 106 cm³/mol. The molecule has 2 aromatic heterocycles. The van der Waals surface area contributed by atoms with Crippen LogP contribution in [0.25, 0.3) is 0 Å². The van der Waals surface area contributed by atoms with Crippen LogP contribution in [0.5, 0.6) is 0 Å². The molecule has 1 amide bonds. The van der Waals surface area contributed by atoms with Crippen LogP contribution in [-0.2, 0) is 11.3 Å². The second kappa shape index (κ2) is 7.79. The molecule has 0 radical (unpaired) electrons. The van der Waals surface area contributed by atoms with E-state index in [1.807, 2.05) is 23.3 Å². The summed E-state index contributed by atoms with van der Waals surface area (Å²) in [6, 6.07) is 0.260. The normalized spacial score (nSPS) is 20.0. The van der Waals surface area contributed by atoms with Gasteiger partial charge in [0.1, 0.15) is 10.7 Å². The van der Waals surface area contributed by atoms with Crippen LogP contribution in [0.15, 0.2) is 4.79 Å². The van der Waals surface area contributed by atoms with E-state index in [4.69, 9.17) is 4.74 Å². The van der Waals surface area contributed by atoms with Crippen molar-refractivity contribution in [2.45, 2.75) is 58.0 Å².